The molecule has 0 saturated heterocycles. The quantitative estimate of drug-likeness (QED) is 0.463. The highest BCUT2D eigenvalue weighted by Gasteiger charge is 2.23. The lowest BCUT2D eigenvalue weighted by atomic mass is 9.96. The summed E-state index contributed by atoms with van der Waals surface area (Å²) in [6.07, 6.45) is 3.43. The van der Waals surface area contributed by atoms with Gasteiger partial charge in [0.05, 0.1) is 5.52 Å². The van der Waals surface area contributed by atoms with Gasteiger partial charge < -0.3 is 10.1 Å². The van der Waals surface area contributed by atoms with Crippen molar-refractivity contribution in [1.82, 2.24) is 9.88 Å². The fourth-order valence-electron chi connectivity index (χ4n) is 3.59. The first-order valence-corrected chi connectivity index (χ1v) is 10.8. The fraction of sp³-hybridized carbons (Fsp3) is 0.333. The van der Waals surface area contributed by atoms with E-state index in [1.165, 1.54) is 0 Å². The minimum Gasteiger partial charge on any atom is -0.488 e. The lowest BCUT2D eigenvalue weighted by molar-refractivity contribution is -0.109. The Kier molecular flexibility index (Phi) is 6.66. The van der Waals surface area contributed by atoms with E-state index >= 15 is 0 Å². The van der Waals surface area contributed by atoms with E-state index in [2.05, 4.69) is 28.2 Å². The number of benzene rings is 2. The van der Waals surface area contributed by atoms with Crippen LogP contribution in [0.5, 0.6) is 5.75 Å². The monoisotopic (exact) mass is 470 g/mol. The van der Waals surface area contributed by atoms with E-state index in [-0.39, 0.29) is 17.4 Å². The van der Waals surface area contributed by atoms with E-state index in [1.807, 2.05) is 69.4 Å². The van der Waals surface area contributed by atoms with Gasteiger partial charge in [0.1, 0.15) is 11.4 Å². The van der Waals surface area contributed by atoms with Crippen LogP contribution >= 0.6 is 15.9 Å². The van der Waals surface area contributed by atoms with Crippen molar-refractivity contribution in [3.63, 3.8) is 0 Å². The molecule has 2 aromatic carbocycles. The van der Waals surface area contributed by atoms with Gasteiger partial charge in [0.15, 0.2) is 0 Å². The first kappa shape index (κ1) is 22.1. The van der Waals surface area contributed by atoms with Crippen molar-refractivity contribution in [2.24, 2.45) is 0 Å². The van der Waals surface area contributed by atoms with E-state index < -0.39 is 0 Å². The first-order chi connectivity index (χ1) is 14.2. The summed E-state index contributed by atoms with van der Waals surface area (Å²) >= 11 is 3.66. The molecule has 0 radical (unpaired) electrons. The number of aromatic nitrogens is 1. The molecule has 1 unspecified atom stereocenters. The Hall–Kier alpha value is -2.60. The number of nitrogens with zero attached hydrogens (tertiary/aromatic N) is 1. The molecule has 158 valence electrons. The molecule has 0 spiro atoms. The molecule has 30 heavy (non-hydrogen) atoms. The van der Waals surface area contributed by atoms with Crippen LogP contribution in [0.4, 0.5) is 0 Å². The molecular formula is C24H27BrN2O3. The SMILES string of the molecule is CCC(CNC=O)c1cn(C(=O)c2ccccc2)c2c(Br)cc(OC(C)(C)C)cc12. The number of carbonyl (C=O) groups excluding carboxylic acids is 2. The van der Waals surface area contributed by atoms with E-state index in [1.54, 1.807) is 4.57 Å². The Labute approximate surface area is 185 Å². The summed E-state index contributed by atoms with van der Waals surface area (Å²) in [6, 6.07) is 13.1. The highest BCUT2D eigenvalue weighted by Crippen LogP contribution is 2.38. The number of amides is 1. The Bertz CT molecular complexity index is 1050. The second-order valence-corrected chi connectivity index (χ2v) is 9.13. The van der Waals surface area contributed by atoms with Crippen LogP contribution < -0.4 is 10.1 Å². The summed E-state index contributed by atoms with van der Waals surface area (Å²) in [7, 11) is 0. The average Bonchev–Trinajstić information content (AvgIpc) is 3.07. The third-order valence-corrected chi connectivity index (χ3v) is 5.51. The van der Waals surface area contributed by atoms with Gasteiger partial charge in [-0.3, -0.25) is 14.2 Å². The van der Waals surface area contributed by atoms with Crippen molar-refractivity contribution in [2.75, 3.05) is 6.54 Å². The maximum Gasteiger partial charge on any atom is 0.262 e. The molecule has 1 aromatic heterocycles. The van der Waals surface area contributed by atoms with Crippen molar-refractivity contribution in [3.8, 4) is 5.75 Å². The molecule has 0 fully saturated rings. The number of carbonyl (C=O) groups is 2. The minimum atomic E-state index is -0.348. The number of hydrogen-bond donors (Lipinski definition) is 1. The second-order valence-electron chi connectivity index (χ2n) is 8.27. The number of ether oxygens (including phenoxy) is 1. The second kappa shape index (κ2) is 9.04. The molecule has 0 aliphatic heterocycles. The predicted molar refractivity (Wildman–Crippen MR) is 123 cm³/mol. The van der Waals surface area contributed by atoms with Crippen LogP contribution in [0.2, 0.25) is 0 Å². The van der Waals surface area contributed by atoms with Crippen molar-refractivity contribution in [3.05, 3.63) is 64.3 Å². The molecule has 1 N–H and O–H groups in total. The van der Waals surface area contributed by atoms with Crippen LogP contribution in [0.25, 0.3) is 10.9 Å². The zero-order chi connectivity index (χ0) is 21.9. The van der Waals surface area contributed by atoms with Crippen LogP contribution in [0, 0.1) is 0 Å². The van der Waals surface area contributed by atoms with E-state index in [9.17, 15) is 9.59 Å². The largest absolute Gasteiger partial charge is 0.488 e. The molecule has 1 atom stereocenters. The van der Waals surface area contributed by atoms with E-state index in [0.717, 1.165) is 33.1 Å². The molecule has 1 amide bonds. The molecule has 5 nitrogen and oxygen atoms in total. The smallest absolute Gasteiger partial charge is 0.262 e. The Morgan fingerprint density at radius 3 is 2.53 bits per heavy atom. The molecule has 0 aliphatic carbocycles. The molecule has 3 aromatic rings. The average molecular weight is 471 g/mol. The van der Waals surface area contributed by atoms with Crippen LogP contribution in [-0.2, 0) is 4.79 Å². The van der Waals surface area contributed by atoms with Gasteiger partial charge in [-0.25, -0.2) is 0 Å². The van der Waals surface area contributed by atoms with Gasteiger partial charge in [-0.05, 0) is 73.0 Å². The lowest BCUT2D eigenvalue weighted by Gasteiger charge is -2.22. The van der Waals surface area contributed by atoms with Gasteiger partial charge in [0.2, 0.25) is 6.41 Å². The summed E-state index contributed by atoms with van der Waals surface area (Å²) in [5.41, 5.74) is 2.07. The van der Waals surface area contributed by atoms with Crippen molar-refractivity contribution >= 4 is 39.2 Å². The number of nitrogens with one attached hydrogen (secondary N) is 1. The third-order valence-electron chi connectivity index (χ3n) is 4.90. The number of fused-ring (bicyclic) bond motifs is 1. The van der Waals surface area contributed by atoms with Gasteiger partial charge in [-0.2, -0.15) is 0 Å². The van der Waals surface area contributed by atoms with Gasteiger partial charge in [-0.1, -0.05) is 25.1 Å². The molecule has 6 heteroatoms. The standard InChI is InChI=1S/C24H27BrN2O3/c1-5-16(13-26-15-28)20-14-27(23(29)17-9-7-6-8-10-17)22-19(20)11-18(12-21(22)25)30-24(2,3)4/h6-12,14-16H,5,13H2,1-4H3,(H,26,28). The fourth-order valence-corrected chi connectivity index (χ4v) is 4.22. The summed E-state index contributed by atoms with van der Waals surface area (Å²) in [4.78, 5) is 24.2. The topological polar surface area (TPSA) is 60.3 Å². The summed E-state index contributed by atoms with van der Waals surface area (Å²) in [5.74, 6) is 0.695. The van der Waals surface area contributed by atoms with E-state index in [4.69, 9.17) is 4.74 Å². The van der Waals surface area contributed by atoms with E-state index in [0.29, 0.717) is 18.5 Å². The molecule has 0 aliphatic rings. The maximum absolute atomic E-state index is 13.3. The van der Waals surface area contributed by atoms with Gasteiger partial charge >= 0.3 is 0 Å². The maximum atomic E-state index is 13.3. The summed E-state index contributed by atoms with van der Waals surface area (Å²) in [5, 5.41) is 3.72. The molecule has 3 rings (SSSR count). The van der Waals surface area contributed by atoms with Crippen LogP contribution in [0.1, 0.15) is 56.0 Å². The van der Waals surface area contributed by atoms with Crippen molar-refractivity contribution < 1.29 is 14.3 Å². The molecule has 0 bridgehead atoms. The zero-order valence-corrected chi connectivity index (χ0v) is 19.3. The Balaban J connectivity index is 2.22. The molecular weight excluding hydrogens is 444 g/mol. The highest BCUT2D eigenvalue weighted by atomic mass is 79.9. The number of rotatable bonds is 7. The molecule has 1 heterocycles. The minimum absolute atomic E-state index is 0.0688. The van der Waals surface area contributed by atoms with Crippen LogP contribution in [0.3, 0.4) is 0 Å². The third kappa shape index (κ3) is 4.75. The van der Waals surface area contributed by atoms with Gasteiger partial charge in [0.25, 0.3) is 5.91 Å². The molecule has 0 saturated carbocycles. The summed E-state index contributed by atoms with van der Waals surface area (Å²) in [6.45, 7) is 8.57. The zero-order valence-electron chi connectivity index (χ0n) is 17.7. The Morgan fingerprint density at radius 2 is 1.93 bits per heavy atom. The lowest BCUT2D eigenvalue weighted by Crippen LogP contribution is -2.23. The summed E-state index contributed by atoms with van der Waals surface area (Å²) < 4.78 is 8.57. The van der Waals surface area contributed by atoms with Gasteiger partial charge in [-0.15, -0.1) is 0 Å². The van der Waals surface area contributed by atoms with Crippen LogP contribution in [0.15, 0.2) is 53.1 Å². The normalized spacial score (nSPS) is 12.6. The van der Waals surface area contributed by atoms with Gasteiger partial charge in [0, 0.05) is 34.1 Å². The number of halogens is 1. The van der Waals surface area contributed by atoms with Crippen LogP contribution in [-0.4, -0.2) is 29.0 Å². The highest BCUT2D eigenvalue weighted by molar-refractivity contribution is 9.10. The Morgan fingerprint density at radius 1 is 1.23 bits per heavy atom. The first-order valence-electron chi connectivity index (χ1n) is 10.1. The van der Waals surface area contributed by atoms with Crippen molar-refractivity contribution in [2.45, 2.75) is 45.6 Å². The predicted octanol–water partition coefficient (Wildman–Crippen LogP) is 5.51. The number of hydrogen-bond acceptors (Lipinski definition) is 3. The van der Waals surface area contributed by atoms with Crippen molar-refractivity contribution in [1.29, 1.82) is 0 Å².